The van der Waals surface area contributed by atoms with Crippen LogP contribution in [0.1, 0.15) is 30.3 Å². The summed E-state index contributed by atoms with van der Waals surface area (Å²) in [5.41, 5.74) is 3.73. The fraction of sp³-hybridized carbons (Fsp3) is 0.300. The zero-order chi connectivity index (χ0) is 18.4. The van der Waals surface area contributed by atoms with Gasteiger partial charge in [-0.1, -0.05) is 6.07 Å². The molecule has 1 saturated heterocycles. The van der Waals surface area contributed by atoms with Gasteiger partial charge in [-0.3, -0.25) is 4.98 Å². The van der Waals surface area contributed by atoms with Crippen LogP contribution in [0.3, 0.4) is 0 Å². The van der Waals surface area contributed by atoms with Gasteiger partial charge in [0.05, 0.1) is 10.7 Å². The van der Waals surface area contributed by atoms with Crippen LogP contribution in [0.4, 0.5) is 5.00 Å². The van der Waals surface area contributed by atoms with Crippen LogP contribution < -0.4 is 10.1 Å². The van der Waals surface area contributed by atoms with E-state index in [4.69, 9.17) is 5.10 Å². The van der Waals surface area contributed by atoms with E-state index in [1.165, 1.54) is 28.3 Å². The van der Waals surface area contributed by atoms with Gasteiger partial charge in [0, 0.05) is 29.4 Å². The smallest absolute Gasteiger partial charge is 0.203 e. The number of fused-ring (bicyclic) bond motifs is 1. The number of hydrogen-bond donors (Lipinski definition) is 0. The lowest BCUT2D eigenvalue weighted by Crippen LogP contribution is -2.15. The molecule has 0 atom stereocenters. The normalized spacial score (nSPS) is 15.7. The summed E-state index contributed by atoms with van der Waals surface area (Å²) < 4.78 is 1.81. The second-order valence-electron chi connectivity index (χ2n) is 6.89. The molecule has 0 radical (unpaired) electrons. The van der Waals surface area contributed by atoms with Gasteiger partial charge in [0.2, 0.25) is 5.82 Å². The second-order valence-corrected chi connectivity index (χ2v) is 7.95. The van der Waals surface area contributed by atoms with Crippen LogP contribution in [0.15, 0.2) is 36.5 Å². The molecule has 6 nitrogen and oxygen atoms in total. The molecule has 0 unspecified atom stereocenters. The molecule has 0 aliphatic carbocycles. The maximum absolute atomic E-state index is 4.71. The van der Waals surface area contributed by atoms with Crippen LogP contribution in [-0.2, 0) is 0 Å². The molecular weight excluding hydrogens is 356 g/mol. The van der Waals surface area contributed by atoms with Gasteiger partial charge in [-0.2, -0.15) is 9.61 Å². The first-order valence-electron chi connectivity index (χ1n) is 9.21. The molecule has 0 amide bonds. The molecular formula is C20H20N6S. The van der Waals surface area contributed by atoms with E-state index < -0.39 is 0 Å². The Hall–Kier alpha value is -2.80. The molecule has 7 heteroatoms. The highest BCUT2D eigenvalue weighted by atomic mass is 32.1. The Kier molecular flexibility index (Phi) is 3.89. The van der Waals surface area contributed by atoms with Gasteiger partial charge in [-0.15, -0.1) is 21.5 Å². The zero-order valence-corrected chi connectivity index (χ0v) is 16.2. The number of thiophene rings is 1. The van der Waals surface area contributed by atoms with Crippen molar-refractivity contribution in [3.8, 4) is 11.5 Å². The highest BCUT2D eigenvalue weighted by Gasteiger charge is 2.18. The van der Waals surface area contributed by atoms with Gasteiger partial charge >= 0.3 is 0 Å². The Bertz CT molecular complexity index is 1150. The standard InChI is InChI=1S/C20H20N6S/c1-13(16-8-9-17(27-16)25-11-5-6-12-25)18-14(2)24-26-19(22-23-20(18)26)15-7-3-4-10-21-15/h3-4,7-10H,5-6,11-12H2,1-2H3/b18-13+. The molecule has 5 rings (SSSR count). The minimum Gasteiger partial charge on any atom is -0.363 e. The number of anilines is 1. The van der Waals surface area contributed by atoms with Crippen LogP contribution in [-0.4, -0.2) is 37.9 Å². The molecule has 4 aromatic heterocycles. The maximum atomic E-state index is 4.71. The molecule has 0 aromatic carbocycles. The first-order chi connectivity index (χ1) is 13.2. The van der Waals surface area contributed by atoms with E-state index in [1.807, 2.05) is 41.0 Å². The van der Waals surface area contributed by atoms with Crippen molar-refractivity contribution >= 4 is 27.6 Å². The Balaban J connectivity index is 1.64. The molecule has 1 aliphatic heterocycles. The quantitative estimate of drug-likeness (QED) is 0.550. The summed E-state index contributed by atoms with van der Waals surface area (Å²) in [6.45, 7) is 6.51. The number of aromatic nitrogens is 5. The molecule has 136 valence electrons. The molecule has 1 aliphatic rings. The predicted octanol–water partition coefficient (Wildman–Crippen LogP) is 3.09. The van der Waals surface area contributed by atoms with Crippen molar-refractivity contribution in [1.29, 1.82) is 0 Å². The van der Waals surface area contributed by atoms with E-state index in [9.17, 15) is 0 Å². The molecule has 5 heterocycles. The summed E-state index contributed by atoms with van der Waals surface area (Å²) >= 11 is 1.85. The number of nitrogens with zero attached hydrogens (tertiary/aromatic N) is 6. The third-order valence-electron chi connectivity index (χ3n) is 5.12. The molecule has 0 saturated carbocycles. The van der Waals surface area contributed by atoms with Crippen LogP contribution in [0, 0.1) is 6.92 Å². The predicted molar refractivity (Wildman–Crippen MR) is 108 cm³/mol. The van der Waals surface area contributed by atoms with Crippen molar-refractivity contribution in [2.45, 2.75) is 26.7 Å². The van der Waals surface area contributed by atoms with E-state index in [1.54, 1.807) is 6.20 Å². The second kappa shape index (κ2) is 6.42. The highest BCUT2D eigenvalue weighted by Crippen LogP contribution is 2.32. The van der Waals surface area contributed by atoms with E-state index in [0.717, 1.165) is 35.3 Å². The SMILES string of the molecule is C/C(c1ccc(N2CCCC2)s1)=c1/c(C)nn2c(-c3ccccn3)nnc12. The number of aryl methyl sites for hydroxylation is 1. The third-order valence-corrected chi connectivity index (χ3v) is 6.39. The summed E-state index contributed by atoms with van der Waals surface area (Å²) in [5, 5.41) is 15.9. The van der Waals surface area contributed by atoms with Crippen LogP contribution >= 0.6 is 11.3 Å². The zero-order valence-electron chi connectivity index (χ0n) is 15.4. The lowest BCUT2D eigenvalue weighted by molar-refractivity contribution is 0.930. The van der Waals surface area contributed by atoms with Crippen molar-refractivity contribution in [2.75, 3.05) is 18.0 Å². The van der Waals surface area contributed by atoms with Gasteiger partial charge in [-0.25, -0.2) is 0 Å². The Morgan fingerprint density at radius 3 is 2.70 bits per heavy atom. The average Bonchev–Trinajstić information content (AvgIpc) is 3.45. The first kappa shape index (κ1) is 16.4. The summed E-state index contributed by atoms with van der Waals surface area (Å²) in [4.78, 5) is 8.12. The average molecular weight is 376 g/mol. The Labute approximate surface area is 161 Å². The van der Waals surface area contributed by atoms with Crippen LogP contribution in [0.5, 0.6) is 0 Å². The van der Waals surface area contributed by atoms with Crippen molar-refractivity contribution in [3.05, 3.63) is 52.3 Å². The van der Waals surface area contributed by atoms with Crippen LogP contribution in [0.2, 0.25) is 0 Å². The van der Waals surface area contributed by atoms with Crippen molar-refractivity contribution < 1.29 is 0 Å². The summed E-state index contributed by atoms with van der Waals surface area (Å²) in [6.07, 6.45) is 4.34. The third kappa shape index (κ3) is 2.70. The van der Waals surface area contributed by atoms with Crippen molar-refractivity contribution in [2.24, 2.45) is 0 Å². The number of pyridine rings is 1. The largest absolute Gasteiger partial charge is 0.363 e. The first-order valence-corrected chi connectivity index (χ1v) is 10.0. The fourth-order valence-corrected chi connectivity index (χ4v) is 4.81. The minimum atomic E-state index is 0.677. The Morgan fingerprint density at radius 2 is 1.93 bits per heavy atom. The fourth-order valence-electron chi connectivity index (χ4n) is 3.75. The van der Waals surface area contributed by atoms with E-state index in [2.05, 4.69) is 39.1 Å². The number of rotatable bonds is 3. The molecule has 1 fully saturated rings. The molecule has 0 N–H and O–H groups in total. The Morgan fingerprint density at radius 1 is 1.07 bits per heavy atom. The molecule has 4 aromatic rings. The van der Waals surface area contributed by atoms with Crippen molar-refractivity contribution in [1.82, 2.24) is 24.8 Å². The van der Waals surface area contributed by atoms with Crippen LogP contribution in [0.25, 0.3) is 22.7 Å². The van der Waals surface area contributed by atoms with E-state index >= 15 is 0 Å². The van der Waals surface area contributed by atoms with E-state index in [-0.39, 0.29) is 0 Å². The summed E-state index contributed by atoms with van der Waals surface area (Å²) in [7, 11) is 0. The minimum absolute atomic E-state index is 0.677. The van der Waals surface area contributed by atoms with Gasteiger partial charge in [0.1, 0.15) is 5.69 Å². The topological polar surface area (TPSA) is 59.2 Å². The van der Waals surface area contributed by atoms with E-state index in [0.29, 0.717) is 5.82 Å². The summed E-state index contributed by atoms with van der Waals surface area (Å²) in [6, 6.07) is 10.2. The monoisotopic (exact) mass is 376 g/mol. The summed E-state index contributed by atoms with van der Waals surface area (Å²) in [5.74, 6) is 0.677. The van der Waals surface area contributed by atoms with Gasteiger partial charge < -0.3 is 4.90 Å². The molecule has 27 heavy (non-hydrogen) atoms. The van der Waals surface area contributed by atoms with Gasteiger partial charge in [-0.05, 0) is 56.5 Å². The lowest BCUT2D eigenvalue weighted by Gasteiger charge is -2.13. The van der Waals surface area contributed by atoms with Gasteiger partial charge in [0.15, 0.2) is 5.65 Å². The maximum Gasteiger partial charge on any atom is 0.203 e. The van der Waals surface area contributed by atoms with Gasteiger partial charge in [0.25, 0.3) is 0 Å². The lowest BCUT2D eigenvalue weighted by atomic mass is 10.2. The number of hydrogen-bond acceptors (Lipinski definition) is 6. The highest BCUT2D eigenvalue weighted by molar-refractivity contribution is 7.17. The van der Waals surface area contributed by atoms with Crippen molar-refractivity contribution in [3.63, 3.8) is 0 Å². The molecule has 0 bridgehead atoms. The molecule has 0 spiro atoms.